The molecule has 0 aromatic carbocycles. The Morgan fingerprint density at radius 3 is 2.73 bits per heavy atom. The van der Waals surface area contributed by atoms with Crippen molar-refractivity contribution in [1.82, 2.24) is 15.0 Å². The molecule has 1 aromatic heterocycles. The van der Waals surface area contributed by atoms with E-state index in [0.717, 1.165) is 25.7 Å². The van der Waals surface area contributed by atoms with Crippen LogP contribution in [0.5, 0.6) is 0 Å². The van der Waals surface area contributed by atoms with Gasteiger partial charge in [0.05, 0.1) is 0 Å². The number of nitrogens with zero attached hydrogens (tertiary/aromatic N) is 4. The van der Waals surface area contributed by atoms with Gasteiger partial charge >= 0.3 is 5.82 Å². The lowest BCUT2D eigenvalue weighted by molar-refractivity contribution is -0.393. The molecule has 1 aromatic rings. The van der Waals surface area contributed by atoms with Crippen LogP contribution in [0, 0.1) is 17.0 Å². The summed E-state index contributed by atoms with van der Waals surface area (Å²) in [5.41, 5.74) is 0.385. The van der Waals surface area contributed by atoms with Gasteiger partial charge in [0.25, 0.3) is 0 Å². The van der Waals surface area contributed by atoms with Crippen LogP contribution in [0.25, 0.3) is 0 Å². The summed E-state index contributed by atoms with van der Waals surface area (Å²) in [5.74, 6) is 0.0199. The summed E-state index contributed by atoms with van der Waals surface area (Å²) in [6.45, 7) is 4.31. The van der Waals surface area contributed by atoms with Gasteiger partial charge in [0.15, 0.2) is 5.69 Å². The Labute approximate surface area is 88.4 Å². The summed E-state index contributed by atoms with van der Waals surface area (Å²) in [6, 6.07) is 0. The van der Waals surface area contributed by atoms with Crippen molar-refractivity contribution in [2.75, 3.05) is 0 Å². The van der Waals surface area contributed by atoms with Crippen molar-refractivity contribution in [1.29, 1.82) is 0 Å². The van der Waals surface area contributed by atoms with Crippen molar-refractivity contribution < 1.29 is 4.92 Å². The summed E-state index contributed by atoms with van der Waals surface area (Å²) in [4.78, 5) is 10.3. The van der Waals surface area contributed by atoms with Crippen LogP contribution in [0.2, 0.25) is 0 Å². The molecule has 0 amide bonds. The van der Waals surface area contributed by atoms with E-state index in [-0.39, 0.29) is 5.82 Å². The lowest BCUT2D eigenvalue weighted by Gasteiger charge is -1.98. The van der Waals surface area contributed by atoms with E-state index in [1.807, 2.05) is 0 Å². The minimum Gasteiger partial charge on any atom is -0.358 e. The standard InChI is InChI=1S/C9H16N4O2/c1-3-4-5-6-7-12-9(13(14)15)8(2)10-11-12/h3-7H2,1-2H3. The van der Waals surface area contributed by atoms with Gasteiger partial charge in [0, 0.05) is 5.21 Å². The lowest BCUT2D eigenvalue weighted by Crippen LogP contribution is -2.05. The third-order valence-electron chi connectivity index (χ3n) is 2.27. The molecule has 0 radical (unpaired) electrons. The molecule has 0 spiro atoms. The first-order valence-corrected chi connectivity index (χ1v) is 5.21. The maximum atomic E-state index is 10.7. The predicted octanol–water partition coefficient (Wildman–Crippen LogP) is 2.08. The van der Waals surface area contributed by atoms with Gasteiger partial charge in [0.1, 0.15) is 6.54 Å². The summed E-state index contributed by atoms with van der Waals surface area (Å²) < 4.78 is 1.38. The number of rotatable bonds is 6. The molecule has 1 heterocycles. The summed E-state index contributed by atoms with van der Waals surface area (Å²) >= 11 is 0. The molecule has 0 aliphatic carbocycles. The molecule has 6 nitrogen and oxygen atoms in total. The van der Waals surface area contributed by atoms with Crippen LogP contribution in [0.1, 0.15) is 38.3 Å². The Balaban J connectivity index is 2.57. The first-order chi connectivity index (χ1) is 7.16. The Morgan fingerprint density at radius 1 is 1.40 bits per heavy atom. The third kappa shape index (κ3) is 3.00. The van der Waals surface area contributed by atoms with Gasteiger partial charge in [-0.05, 0) is 24.7 Å². The molecule has 0 atom stereocenters. The topological polar surface area (TPSA) is 73.8 Å². The van der Waals surface area contributed by atoms with Crippen LogP contribution in [-0.2, 0) is 6.54 Å². The van der Waals surface area contributed by atoms with E-state index >= 15 is 0 Å². The molecule has 0 unspecified atom stereocenters. The highest BCUT2D eigenvalue weighted by Crippen LogP contribution is 2.15. The molecule has 0 bridgehead atoms. The molecular weight excluding hydrogens is 196 g/mol. The highest BCUT2D eigenvalue weighted by molar-refractivity contribution is 5.23. The van der Waals surface area contributed by atoms with E-state index < -0.39 is 4.92 Å². The molecule has 0 aliphatic heterocycles. The zero-order valence-corrected chi connectivity index (χ0v) is 9.14. The van der Waals surface area contributed by atoms with Crippen LogP contribution in [0.15, 0.2) is 0 Å². The molecule has 6 heteroatoms. The Bertz CT molecular complexity index is 335. The average Bonchev–Trinajstić information content (AvgIpc) is 2.54. The van der Waals surface area contributed by atoms with E-state index in [0.29, 0.717) is 12.2 Å². The third-order valence-corrected chi connectivity index (χ3v) is 2.27. The zero-order valence-electron chi connectivity index (χ0n) is 9.14. The fourth-order valence-corrected chi connectivity index (χ4v) is 1.46. The van der Waals surface area contributed by atoms with E-state index in [9.17, 15) is 10.1 Å². The Kier molecular flexibility index (Phi) is 4.20. The quantitative estimate of drug-likeness (QED) is 0.411. The van der Waals surface area contributed by atoms with Crippen molar-refractivity contribution in [3.05, 3.63) is 15.8 Å². The number of aromatic nitrogens is 3. The van der Waals surface area contributed by atoms with Gasteiger partial charge in [-0.2, -0.15) is 0 Å². The van der Waals surface area contributed by atoms with Crippen molar-refractivity contribution in [2.24, 2.45) is 0 Å². The maximum absolute atomic E-state index is 10.7. The monoisotopic (exact) mass is 212 g/mol. The van der Waals surface area contributed by atoms with E-state index in [2.05, 4.69) is 17.2 Å². The molecule has 84 valence electrons. The van der Waals surface area contributed by atoms with Crippen LogP contribution in [-0.4, -0.2) is 19.9 Å². The minimum atomic E-state index is -0.421. The fraction of sp³-hybridized carbons (Fsp3) is 0.778. The number of unbranched alkanes of at least 4 members (excludes halogenated alkanes) is 3. The fourth-order valence-electron chi connectivity index (χ4n) is 1.46. The van der Waals surface area contributed by atoms with Crippen LogP contribution in [0.4, 0.5) is 5.82 Å². The Hall–Kier alpha value is -1.46. The summed E-state index contributed by atoms with van der Waals surface area (Å²) in [6.07, 6.45) is 4.30. The molecule has 0 N–H and O–H groups in total. The van der Waals surface area contributed by atoms with Gasteiger partial charge in [-0.25, -0.2) is 0 Å². The van der Waals surface area contributed by atoms with E-state index in [1.165, 1.54) is 4.68 Å². The van der Waals surface area contributed by atoms with Crippen molar-refractivity contribution in [2.45, 2.75) is 46.1 Å². The molecule has 0 saturated heterocycles. The van der Waals surface area contributed by atoms with Gasteiger partial charge < -0.3 is 10.1 Å². The summed E-state index contributed by atoms with van der Waals surface area (Å²) in [7, 11) is 0. The zero-order chi connectivity index (χ0) is 11.3. The number of hydrogen-bond donors (Lipinski definition) is 0. The SMILES string of the molecule is CCCCCCn1nnc(C)c1[N+](=O)[O-]. The highest BCUT2D eigenvalue weighted by atomic mass is 16.6. The number of aryl methyl sites for hydroxylation is 2. The molecule has 15 heavy (non-hydrogen) atoms. The van der Waals surface area contributed by atoms with Crippen LogP contribution < -0.4 is 0 Å². The molecule has 0 fully saturated rings. The van der Waals surface area contributed by atoms with Crippen molar-refractivity contribution in [3.63, 3.8) is 0 Å². The Morgan fingerprint density at radius 2 is 2.13 bits per heavy atom. The normalized spacial score (nSPS) is 10.5. The number of nitro groups is 1. The van der Waals surface area contributed by atoms with Gasteiger partial charge in [-0.15, -0.1) is 9.78 Å². The largest absolute Gasteiger partial charge is 0.368 e. The molecular formula is C9H16N4O2. The predicted molar refractivity (Wildman–Crippen MR) is 55.6 cm³/mol. The van der Waals surface area contributed by atoms with Crippen molar-refractivity contribution >= 4 is 5.82 Å². The maximum Gasteiger partial charge on any atom is 0.368 e. The summed E-state index contributed by atoms with van der Waals surface area (Å²) in [5, 5.41) is 18.2. The van der Waals surface area contributed by atoms with Gasteiger partial charge in [-0.3, -0.25) is 0 Å². The van der Waals surface area contributed by atoms with Gasteiger partial charge in [-0.1, -0.05) is 19.8 Å². The smallest absolute Gasteiger partial charge is 0.358 e. The minimum absolute atomic E-state index is 0.0199. The van der Waals surface area contributed by atoms with Crippen LogP contribution in [0.3, 0.4) is 0 Å². The molecule has 0 aliphatic rings. The van der Waals surface area contributed by atoms with E-state index in [1.54, 1.807) is 6.92 Å². The second-order valence-electron chi connectivity index (χ2n) is 3.54. The number of hydrogen-bond acceptors (Lipinski definition) is 4. The second-order valence-corrected chi connectivity index (χ2v) is 3.54. The highest BCUT2D eigenvalue weighted by Gasteiger charge is 2.19. The van der Waals surface area contributed by atoms with Gasteiger partial charge in [0.2, 0.25) is 0 Å². The molecule has 0 saturated carbocycles. The average molecular weight is 212 g/mol. The first kappa shape index (κ1) is 11.6. The van der Waals surface area contributed by atoms with E-state index in [4.69, 9.17) is 0 Å². The first-order valence-electron chi connectivity index (χ1n) is 5.21. The van der Waals surface area contributed by atoms with Crippen LogP contribution >= 0.6 is 0 Å². The van der Waals surface area contributed by atoms with Crippen molar-refractivity contribution in [3.8, 4) is 0 Å². The lowest BCUT2D eigenvalue weighted by atomic mass is 10.2. The molecule has 1 rings (SSSR count). The second kappa shape index (κ2) is 5.43.